The van der Waals surface area contributed by atoms with E-state index in [1.165, 1.54) is 12.1 Å². The number of rotatable bonds is 5. The number of benzene rings is 2. The first-order valence-corrected chi connectivity index (χ1v) is 7.29. The SMILES string of the molecule is O=C(NCCOc1ccc(F)c(F)c1)Nc1ccc(Cl)cc1Cl. The van der Waals surface area contributed by atoms with Crippen LogP contribution in [0.1, 0.15) is 0 Å². The van der Waals surface area contributed by atoms with Gasteiger partial charge < -0.3 is 15.4 Å². The molecule has 0 heterocycles. The molecule has 0 aliphatic heterocycles. The predicted octanol–water partition coefficient (Wildman–Crippen LogP) is 4.47. The van der Waals surface area contributed by atoms with Gasteiger partial charge in [0.15, 0.2) is 11.6 Å². The molecule has 0 aromatic heterocycles. The number of anilines is 1. The number of urea groups is 1. The van der Waals surface area contributed by atoms with Crippen LogP contribution in [-0.4, -0.2) is 19.2 Å². The summed E-state index contributed by atoms with van der Waals surface area (Å²) in [6.07, 6.45) is 0. The fourth-order valence-corrected chi connectivity index (χ4v) is 2.11. The van der Waals surface area contributed by atoms with Gasteiger partial charge in [0, 0.05) is 11.1 Å². The number of halogens is 4. The molecule has 2 N–H and O–H groups in total. The largest absolute Gasteiger partial charge is 0.492 e. The minimum absolute atomic E-state index is 0.0901. The van der Waals surface area contributed by atoms with E-state index < -0.39 is 17.7 Å². The topological polar surface area (TPSA) is 50.4 Å². The Labute approximate surface area is 141 Å². The van der Waals surface area contributed by atoms with Gasteiger partial charge in [-0.15, -0.1) is 0 Å². The smallest absolute Gasteiger partial charge is 0.319 e. The zero-order chi connectivity index (χ0) is 16.8. The summed E-state index contributed by atoms with van der Waals surface area (Å²) in [5.74, 6) is -1.77. The number of hydrogen-bond acceptors (Lipinski definition) is 2. The Bertz CT molecular complexity index is 714. The number of nitrogens with one attached hydrogen (secondary N) is 2. The van der Waals surface area contributed by atoms with Crippen molar-refractivity contribution in [1.82, 2.24) is 5.32 Å². The second-order valence-corrected chi connectivity index (χ2v) is 5.27. The minimum Gasteiger partial charge on any atom is -0.492 e. The maximum Gasteiger partial charge on any atom is 0.319 e. The molecule has 0 spiro atoms. The van der Waals surface area contributed by atoms with E-state index in [1.54, 1.807) is 12.1 Å². The molecule has 4 nitrogen and oxygen atoms in total. The van der Waals surface area contributed by atoms with E-state index in [2.05, 4.69) is 10.6 Å². The molecule has 0 aliphatic carbocycles. The van der Waals surface area contributed by atoms with Crippen LogP contribution in [0.15, 0.2) is 36.4 Å². The van der Waals surface area contributed by atoms with E-state index in [0.29, 0.717) is 15.7 Å². The van der Waals surface area contributed by atoms with Crippen molar-refractivity contribution in [3.05, 3.63) is 58.1 Å². The first-order valence-electron chi connectivity index (χ1n) is 6.53. The number of carbonyl (C=O) groups is 1. The van der Waals surface area contributed by atoms with E-state index in [1.807, 2.05) is 0 Å². The van der Waals surface area contributed by atoms with Crippen molar-refractivity contribution < 1.29 is 18.3 Å². The number of ether oxygens (including phenoxy) is 1. The molecule has 0 fully saturated rings. The van der Waals surface area contributed by atoms with Gasteiger partial charge in [-0.2, -0.15) is 0 Å². The molecule has 23 heavy (non-hydrogen) atoms. The average molecular weight is 361 g/mol. The lowest BCUT2D eigenvalue weighted by molar-refractivity contribution is 0.247. The first-order chi connectivity index (χ1) is 11.0. The van der Waals surface area contributed by atoms with Crippen molar-refractivity contribution in [2.45, 2.75) is 0 Å². The Morgan fingerprint density at radius 3 is 2.57 bits per heavy atom. The van der Waals surface area contributed by atoms with Gasteiger partial charge in [-0.3, -0.25) is 0 Å². The molecule has 2 amide bonds. The van der Waals surface area contributed by atoms with Crippen LogP contribution in [-0.2, 0) is 0 Å². The van der Waals surface area contributed by atoms with Gasteiger partial charge in [-0.25, -0.2) is 13.6 Å². The Morgan fingerprint density at radius 2 is 1.87 bits per heavy atom. The van der Waals surface area contributed by atoms with Crippen LogP contribution >= 0.6 is 23.2 Å². The molecular weight excluding hydrogens is 349 g/mol. The summed E-state index contributed by atoms with van der Waals surface area (Å²) in [6.45, 7) is 0.253. The predicted molar refractivity (Wildman–Crippen MR) is 85.3 cm³/mol. The molecule has 0 saturated carbocycles. The molecule has 0 atom stereocenters. The highest BCUT2D eigenvalue weighted by Crippen LogP contribution is 2.25. The number of hydrogen-bond donors (Lipinski definition) is 2. The van der Waals surface area contributed by atoms with Crippen LogP contribution in [0, 0.1) is 11.6 Å². The summed E-state index contributed by atoms with van der Waals surface area (Å²) < 4.78 is 30.9. The molecule has 0 radical (unpaired) electrons. The Hall–Kier alpha value is -2.05. The van der Waals surface area contributed by atoms with Gasteiger partial charge in [0.1, 0.15) is 12.4 Å². The van der Waals surface area contributed by atoms with Crippen molar-refractivity contribution in [1.29, 1.82) is 0 Å². The monoisotopic (exact) mass is 360 g/mol. The third-order valence-electron chi connectivity index (χ3n) is 2.73. The van der Waals surface area contributed by atoms with Crippen LogP contribution < -0.4 is 15.4 Å². The van der Waals surface area contributed by atoms with Gasteiger partial charge in [-0.1, -0.05) is 23.2 Å². The molecule has 0 bridgehead atoms. The number of carbonyl (C=O) groups excluding carboxylic acids is 1. The summed E-state index contributed by atoms with van der Waals surface area (Å²) >= 11 is 11.7. The minimum atomic E-state index is -0.995. The van der Waals surface area contributed by atoms with Crippen LogP contribution in [0.25, 0.3) is 0 Å². The summed E-state index contributed by atoms with van der Waals surface area (Å²) in [5.41, 5.74) is 0.412. The van der Waals surface area contributed by atoms with Gasteiger partial charge in [0.05, 0.1) is 17.3 Å². The molecule has 2 aromatic carbocycles. The highest BCUT2D eigenvalue weighted by Gasteiger charge is 2.06. The first kappa shape index (κ1) is 17.3. The fourth-order valence-electron chi connectivity index (χ4n) is 1.66. The second kappa shape index (κ2) is 7.99. The third kappa shape index (κ3) is 5.26. The Balaban J connectivity index is 1.75. The van der Waals surface area contributed by atoms with Gasteiger partial charge in [0.25, 0.3) is 0 Å². The summed E-state index contributed by atoms with van der Waals surface area (Å²) in [7, 11) is 0. The third-order valence-corrected chi connectivity index (χ3v) is 3.27. The highest BCUT2D eigenvalue weighted by molar-refractivity contribution is 6.36. The lowest BCUT2D eigenvalue weighted by Gasteiger charge is -2.10. The lowest BCUT2D eigenvalue weighted by Crippen LogP contribution is -2.32. The van der Waals surface area contributed by atoms with Crippen molar-refractivity contribution in [3.63, 3.8) is 0 Å². The Kier molecular flexibility index (Phi) is 6.01. The van der Waals surface area contributed by atoms with Crippen LogP contribution in [0.3, 0.4) is 0 Å². The number of amides is 2. The van der Waals surface area contributed by atoms with E-state index in [9.17, 15) is 13.6 Å². The second-order valence-electron chi connectivity index (χ2n) is 4.43. The quantitative estimate of drug-likeness (QED) is 0.772. The van der Waals surface area contributed by atoms with E-state index in [4.69, 9.17) is 27.9 Å². The van der Waals surface area contributed by atoms with E-state index >= 15 is 0 Å². The van der Waals surface area contributed by atoms with Crippen molar-refractivity contribution >= 4 is 34.9 Å². The zero-order valence-electron chi connectivity index (χ0n) is 11.7. The standard InChI is InChI=1S/C15H12Cl2F2N2O2/c16-9-1-4-14(11(17)7-9)21-15(22)20-5-6-23-10-2-3-12(18)13(19)8-10/h1-4,7-8H,5-6H2,(H2,20,21,22). The molecule has 8 heteroatoms. The van der Waals surface area contributed by atoms with Gasteiger partial charge in [-0.05, 0) is 30.3 Å². The fraction of sp³-hybridized carbons (Fsp3) is 0.133. The summed E-state index contributed by atoms with van der Waals surface area (Å²) in [5, 5.41) is 5.85. The summed E-state index contributed by atoms with van der Waals surface area (Å²) in [6, 6.07) is 7.38. The van der Waals surface area contributed by atoms with Crippen molar-refractivity contribution in [3.8, 4) is 5.75 Å². The molecule has 0 unspecified atom stereocenters. The van der Waals surface area contributed by atoms with Gasteiger partial charge >= 0.3 is 6.03 Å². The zero-order valence-corrected chi connectivity index (χ0v) is 13.2. The molecule has 2 aromatic rings. The lowest BCUT2D eigenvalue weighted by atomic mass is 10.3. The highest BCUT2D eigenvalue weighted by atomic mass is 35.5. The average Bonchev–Trinajstić information content (AvgIpc) is 2.50. The van der Waals surface area contributed by atoms with E-state index in [-0.39, 0.29) is 18.9 Å². The maximum absolute atomic E-state index is 13.0. The Morgan fingerprint density at radius 1 is 1.09 bits per heavy atom. The summed E-state index contributed by atoms with van der Waals surface area (Å²) in [4.78, 5) is 11.7. The van der Waals surface area contributed by atoms with Crippen LogP contribution in [0.2, 0.25) is 10.0 Å². The molecule has 0 saturated heterocycles. The maximum atomic E-state index is 13.0. The van der Waals surface area contributed by atoms with Crippen LogP contribution in [0.5, 0.6) is 5.75 Å². The van der Waals surface area contributed by atoms with Crippen LogP contribution in [0.4, 0.5) is 19.3 Å². The van der Waals surface area contributed by atoms with Crippen molar-refractivity contribution in [2.75, 3.05) is 18.5 Å². The van der Waals surface area contributed by atoms with Crippen molar-refractivity contribution in [2.24, 2.45) is 0 Å². The molecule has 0 aliphatic rings. The molecular formula is C15H12Cl2F2N2O2. The normalized spacial score (nSPS) is 10.3. The molecule has 122 valence electrons. The molecule has 2 rings (SSSR count). The van der Waals surface area contributed by atoms with Gasteiger partial charge in [0.2, 0.25) is 0 Å². The van der Waals surface area contributed by atoms with E-state index in [0.717, 1.165) is 12.1 Å².